The summed E-state index contributed by atoms with van der Waals surface area (Å²) in [5, 5.41) is -1.40. The van der Waals surface area contributed by atoms with Gasteiger partial charge in [-0.3, -0.25) is 4.57 Å². The quantitative estimate of drug-likeness (QED) is 0.678. The Bertz CT molecular complexity index is 453. The molecule has 2 unspecified atom stereocenters. The molecule has 0 aromatic carbocycles. The normalized spacial score (nSPS) is 38.6. The van der Waals surface area contributed by atoms with Crippen molar-refractivity contribution in [2.45, 2.75) is 101 Å². The lowest BCUT2D eigenvalue weighted by Gasteiger charge is -2.56. The molecule has 2 N–H and O–H groups in total. The van der Waals surface area contributed by atoms with Crippen LogP contribution in [-0.2, 0) is 4.57 Å². The number of rotatable bonds is 3. The molecule has 3 fully saturated rings. The molecule has 3 saturated carbocycles. The third-order valence-corrected chi connectivity index (χ3v) is 9.12. The van der Waals surface area contributed by atoms with Gasteiger partial charge < -0.3 is 9.79 Å². The maximum Gasteiger partial charge on any atom is 0.335 e. The van der Waals surface area contributed by atoms with E-state index in [9.17, 15) is 14.4 Å². The average Bonchev–Trinajstić information content (AvgIpc) is 2.56. The minimum absolute atomic E-state index is 0.135. The molecule has 0 saturated heterocycles. The molecule has 2 atom stereocenters. The van der Waals surface area contributed by atoms with E-state index >= 15 is 4.39 Å². The van der Waals surface area contributed by atoms with Crippen molar-refractivity contribution in [2.24, 2.45) is 11.8 Å². The van der Waals surface area contributed by atoms with Crippen molar-refractivity contribution >= 4 is 7.60 Å². The second kappa shape index (κ2) is 6.77. The van der Waals surface area contributed by atoms with Crippen molar-refractivity contribution < 1.29 is 18.7 Å². The van der Waals surface area contributed by atoms with Crippen molar-refractivity contribution in [3.63, 3.8) is 0 Å². The van der Waals surface area contributed by atoms with Gasteiger partial charge in [0.2, 0.25) is 0 Å². The fraction of sp³-hybridized carbons (Fsp3) is 1.00. The van der Waals surface area contributed by atoms with Gasteiger partial charge in [-0.2, -0.15) is 0 Å². The van der Waals surface area contributed by atoms with Crippen LogP contribution in [0, 0.1) is 11.8 Å². The Morgan fingerprint density at radius 2 is 1.22 bits per heavy atom. The van der Waals surface area contributed by atoms with Crippen LogP contribution in [0.1, 0.15) is 89.9 Å². The second-order valence-electron chi connectivity index (χ2n) is 8.21. The lowest BCUT2D eigenvalue weighted by atomic mass is 9.59. The number of hydrogen-bond donors (Lipinski definition) is 2. The predicted molar refractivity (Wildman–Crippen MR) is 90.2 cm³/mol. The van der Waals surface area contributed by atoms with Crippen molar-refractivity contribution in [3.8, 4) is 0 Å². The molecule has 3 rings (SSSR count). The van der Waals surface area contributed by atoms with Crippen LogP contribution in [0.3, 0.4) is 0 Å². The van der Waals surface area contributed by atoms with E-state index in [1.807, 2.05) is 0 Å². The molecule has 3 nitrogen and oxygen atoms in total. The smallest absolute Gasteiger partial charge is 0.324 e. The summed E-state index contributed by atoms with van der Waals surface area (Å²) in [5.41, 5.74) is -1.66. The third-order valence-electron chi connectivity index (χ3n) is 7.12. The lowest BCUT2D eigenvalue weighted by molar-refractivity contribution is -0.0559. The highest BCUT2D eigenvalue weighted by molar-refractivity contribution is 7.53. The minimum Gasteiger partial charge on any atom is -0.324 e. The van der Waals surface area contributed by atoms with Gasteiger partial charge in [0.1, 0.15) is 10.8 Å². The monoisotopic (exact) mass is 346 g/mol. The van der Waals surface area contributed by atoms with Crippen molar-refractivity contribution in [2.75, 3.05) is 0 Å². The first-order valence-corrected chi connectivity index (χ1v) is 11.3. The molecule has 0 bridgehead atoms. The molecular formula is C18H32FO3P. The van der Waals surface area contributed by atoms with Gasteiger partial charge in [-0.25, -0.2) is 4.39 Å². The Kier molecular flexibility index (Phi) is 5.26. The fourth-order valence-corrected chi connectivity index (χ4v) is 8.03. The first kappa shape index (κ1) is 17.9. The van der Waals surface area contributed by atoms with Crippen LogP contribution >= 0.6 is 7.60 Å². The Morgan fingerprint density at radius 3 is 1.74 bits per heavy atom. The summed E-state index contributed by atoms with van der Waals surface area (Å²) < 4.78 is 29.3. The summed E-state index contributed by atoms with van der Waals surface area (Å²) in [5.74, 6) is -0.282. The summed E-state index contributed by atoms with van der Waals surface area (Å²) in [6, 6.07) is 0. The molecule has 0 spiro atoms. The molecule has 0 aromatic rings. The first-order chi connectivity index (χ1) is 10.9. The number of hydrogen-bond acceptors (Lipinski definition) is 1. The Labute approximate surface area is 139 Å². The number of halogens is 1. The highest BCUT2D eigenvalue weighted by Gasteiger charge is 2.68. The summed E-state index contributed by atoms with van der Waals surface area (Å²) in [4.78, 5) is 20.8. The van der Waals surface area contributed by atoms with Crippen LogP contribution in [0.15, 0.2) is 0 Å². The van der Waals surface area contributed by atoms with E-state index < -0.39 is 18.4 Å². The summed E-state index contributed by atoms with van der Waals surface area (Å²) in [6.07, 6.45) is 11.8. The lowest BCUT2D eigenvalue weighted by Crippen LogP contribution is -2.61. The molecule has 0 amide bonds. The highest BCUT2D eigenvalue weighted by atomic mass is 31.2. The SMILES string of the molecule is O=P(O)(O)C1(C2CCCCC2)CCCCC1(F)C1CCCCC1. The van der Waals surface area contributed by atoms with Crippen LogP contribution in [0.4, 0.5) is 4.39 Å². The standard InChI is InChI=1S/C18H32FO3P/c19-17(15-9-3-1-4-10-15)13-7-8-14-18(17,23(20,21)22)16-11-5-2-6-12-16/h15-16H,1-14H2,(H2,20,21,22). The third kappa shape index (κ3) is 2.93. The van der Waals surface area contributed by atoms with Crippen LogP contribution in [0.2, 0.25) is 0 Å². The molecule has 0 radical (unpaired) electrons. The van der Waals surface area contributed by atoms with E-state index in [2.05, 4.69) is 0 Å². The maximum atomic E-state index is 16.6. The Balaban J connectivity index is 2.03. The molecule has 3 aliphatic carbocycles. The summed E-state index contributed by atoms with van der Waals surface area (Å²) >= 11 is 0. The highest BCUT2D eigenvalue weighted by Crippen LogP contribution is 2.70. The van der Waals surface area contributed by atoms with E-state index in [0.29, 0.717) is 12.8 Å². The second-order valence-corrected chi connectivity index (χ2v) is 10.1. The predicted octanol–water partition coefficient (Wildman–Crippen LogP) is 5.35. The molecule has 0 aliphatic heterocycles. The molecule has 23 heavy (non-hydrogen) atoms. The first-order valence-electron chi connectivity index (χ1n) is 9.66. The van der Waals surface area contributed by atoms with E-state index in [4.69, 9.17) is 0 Å². The van der Waals surface area contributed by atoms with Gasteiger partial charge in [0, 0.05) is 0 Å². The van der Waals surface area contributed by atoms with E-state index in [1.165, 1.54) is 0 Å². The van der Waals surface area contributed by atoms with Gasteiger partial charge in [-0.15, -0.1) is 0 Å². The van der Waals surface area contributed by atoms with Gasteiger partial charge in [0.05, 0.1) is 0 Å². The summed E-state index contributed by atoms with van der Waals surface area (Å²) in [7, 11) is -4.50. The maximum absolute atomic E-state index is 16.6. The van der Waals surface area contributed by atoms with Crippen molar-refractivity contribution in [3.05, 3.63) is 0 Å². The van der Waals surface area contributed by atoms with Gasteiger partial charge in [-0.05, 0) is 50.4 Å². The van der Waals surface area contributed by atoms with Gasteiger partial charge in [0.15, 0.2) is 0 Å². The van der Waals surface area contributed by atoms with Crippen molar-refractivity contribution in [1.29, 1.82) is 0 Å². The Morgan fingerprint density at radius 1 is 0.739 bits per heavy atom. The summed E-state index contributed by atoms with van der Waals surface area (Å²) in [6.45, 7) is 0. The topological polar surface area (TPSA) is 57.5 Å². The molecule has 0 heterocycles. The molecule has 134 valence electrons. The fourth-order valence-electron chi connectivity index (χ4n) is 6.07. The molecule has 5 heteroatoms. The van der Waals surface area contributed by atoms with Crippen molar-refractivity contribution in [1.82, 2.24) is 0 Å². The van der Waals surface area contributed by atoms with E-state index in [1.54, 1.807) is 0 Å². The molecular weight excluding hydrogens is 314 g/mol. The Hall–Kier alpha value is 0.0800. The zero-order chi connectivity index (χ0) is 16.6. The van der Waals surface area contributed by atoms with Gasteiger partial charge in [-0.1, -0.05) is 51.4 Å². The average molecular weight is 346 g/mol. The minimum atomic E-state index is -4.50. The zero-order valence-corrected chi connectivity index (χ0v) is 15.1. The zero-order valence-electron chi connectivity index (χ0n) is 14.2. The van der Waals surface area contributed by atoms with Crippen LogP contribution in [0.5, 0.6) is 0 Å². The molecule has 3 aliphatic rings. The van der Waals surface area contributed by atoms with Gasteiger partial charge >= 0.3 is 7.60 Å². The largest absolute Gasteiger partial charge is 0.335 e. The molecule has 0 aromatic heterocycles. The number of alkyl halides is 1. The van der Waals surface area contributed by atoms with Crippen LogP contribution < -0.4 is 0 Å². The van der Waals surface area contributed by atoms with E-state index in [0.717, 1.165) is 77.0 Å². The van der Waals surface area contributed by atoms with Gasteiger partial charge in [0.25, 0.3) is 0 Å². The van der Waals surface area contributed by atoms with E-state index in [-0.39, 0.29) is 11.8 Å². The van der Waals surface area contributed by atoms with Crippen LogP contribution in [-0.4, -0.2) is 20.6 Å². The van der Waals surface area contributed by atoms with Crippen LogP contribution in [0.25, 0.3) is 0 Å².